The Bertz CT molecular complexity index is 606. The van der Waals surface area contributed by atoms with Gasteiger partial charge in [0.15, 0.2) is 0 Å². The maximum absolute atomic E-state index is 12.2. The van der Waals surface area contributed by atoms with Crippen LogP contribution in [-0.2, 0) is 20.7 Å². The number of ether oxygens (including phenoxy) is 2. The van der Waals surface area contributed by atoms with E-state index in [1.165, 1.54) is 12.1 Å². The molecule has 0 heterocycles. The standard InChI is InChI=1S/C19H26F2N2O4/c1-2-26-18(25)13-23(11-15-3-4-15)12-17(24)22-10-9-14-5-7-16(8-6-14)27-19(20)21/h5-8,15,19H,2-4,9-13H2,1H3,(H,22,24). The van der Waals surface area contributed by atoms with E-state index in [2.05, 4.69) is 10.1 Å². The number of nitrogens with zero attached hydrogens (tertiary/aromatic N) is 1. The van der Waals surface area contributed by atoms with Crippen molar-refractivity contribution in [2.24, 2.45) is 5.92 Å². The molecular formula is C19H26F2N2O4. The molecule has 8 heteroatoms. The number of carbonyl (C=O) groups is 2. The maximum atomic E-state index is 12.2. The van der Waals surface area contributed by atoms with Gasteiger partial charge in [0.25, 0.3) is 0 Å². The minimum atomic E-state index is -2.84. The lowest BCUT2D eigenvalue weighted by molar-refractivity contribution is -0.144. The molecule has 0 aromatic heterocycles. The third-order valence-electron chi connectivity index (χ3n) is 4.12. The quantitative estimate of drug-likeness (QED) is 0.560. The van der Waals surface area contributed by atoms with Gasteiger partial charge in [0.1, 0.15) is 5.75 Å². The first kappa shape index (κ1) is 21.1. The second-order valence-corrected chi connectivity index (χ2v) is 6.54. The monoisotopic (exact) mass is 384 g/mol. The Kier molecular flexibility index (Phi) is 8.44. The molecule has 1 aromatic rings. The zero-order valence-corrected chi connectivity index (χ0v) is 15.5. The lowest BCUT2D eigenvalue weighted by Crippen LogP contribution is -2.41. The summed E-state index contributed by atoms with van der Waals surface area (Å²) in [6, 6.07) is 6.31. The Balaban J connectivity index is 1.72. The number of amides is 1. The molecule has 0 aliphatic heterocycles. The molecule has 1 aromatic carbocycles. The number of halogens is 2. The normalized spacial score (nSPS) is 13.7. The van der Waals surface area contributed by atoms with Gasteiger partial charge in [0.05, 0.1) is 19.7 Å². The van der Waals surface area contributed by atoms with Crippen LogP contribution in [-0.4, -0.2) is 56.2 Å². The van der Waals surface area contributed by atoms with Crippen molar-refractivity contribution in [2.45, 2.75) is 32.8 Å². The fraction of sp³-hybridized carbons (Fsp3) is 0.579. The summed E-state index contributed by atoms with van der Waals surface area (Å²) in [6.45, 7) is 0.636. The summed E-state index contributed by atoms with van der Waals surface area (Å²) in [5.41, 5.74) is 0.901. The van der Waals surface area contributed by atoms with Gasteiger partial charge in [-0.05, 0) is 49.8 Å². The van der Waals surface area contributed by atoms with Crippen molar-refractivity contribution >= 4 is 11.9 Å². The predicted molar refractivity (Wildman–Crippen MR) is 95.6 cm³/mol. The summed E-state index contributed by atoms with van der Waals surface area (Å²) in [4.78, 5) is 25.7. The van der Waals surface area contributed by atoms with Crippen LogP contribution in [0.2, 0.25) is 0 Å². The lowest BCUT2D eigenvalue weighted by atomic mass is 10.1. The van der Waals surface area contributed by atoms with Crippen molar-refractivity contribution in [3.8, 4) is 5.75 Å². The maximum Gasteiger partial charge on any atom is 0.387 e. The molecule has 0 spiro atoms. The zero-order valence-electron chi connectivity index (χ0n) is 15.5. The minimum Gasteiger partial charge on any atom is -0.465 e. The number of carbonyl (C=O) groups excluding carboxylic acids is 2. The van der Waals surface area contributed by atoms with Gasteiger partial charge in [0, 0.05) is 13.1 Å². The molecule has 1 amide bonds. The third kappa shape index (κ3) is 8.81. The molecule has 0 saturated heterocycles. The summed E-state index contributed by atoms with van der Waals surface area (Å²) in [7, 11) is 0. The van der Waals surface area contributed by atoms with Crippen molar-refractivity contribution in [3.63, 3.8) is 0 Å². The van der Waals surface area contributed by atoms with Gasteiger partial charge in [-0.25, -0.2) is 0 Å². The fourth-order valence-corrected chi connectivity index (χ4v) is 2.68. The van der Waals surface area contributed by atoms with E-state index < -0.39 is 6.61 Å². The van der Waals surface area contributed by atoms with E-state index in [-0.39, 0.29) is 30.7 Å². The Morgan fingerprint density at radius 1 is 1.22 bits per heavy atom. The number of esters is 1. The van der Waals surface area contributed by atoms with Gasteiger partial charge in [0.2, 0.25) is 5.91 Å². The van der Waals surface area contributed by atoms with E-state index in [9.17, 15) is 18.4 Å². The molecule has 1 N–H and O–H groups in total. The molecule has 2 rings (SSSR count). The van der Waals surface area contributed by atoms with Crippen molar-refractivity contribution in [1.82, 2.24) is 10.2 Å². The van der Waals surface area contributed by atoms with Crippen LogP contribution in [0.15, 0.2) is 24.3 Å². The number of alkyl halides is 2. The highest BCUT2D eigenvalue weighted by atomic mass is 19.3. The number of hydrogen-bond acceptors (Lipinski definition) is 5. The number of hydrogen-bond donors (Lipinski definition) is 1. The highest BCUT2D eigenvalue weighted by Crippen LogP contribution is 2.29. The van der Waals surface area contributed by atoms with Gasteiger partial charge < -0.3 is 14.8 Å². The molecule has 1 saturated carbocycles. The molecule has 1 aliphatic carbocycles. The molecule has 0 radical (unpaired) electrons. The molecule has 6 nitrogen and oxygen atoms in total. The average molecular weight is 384 g/mol. The Morgan fingerprint density at radius 2 is 1.93 bits per heavy atom. The molecule has 1 aliphatic rings. The first-order valence-corrected chi connectivity index (χ1v) is 9.14. The van der Waals surface area contributed by atoms with Crippen LogP contribution >= 0.6 is 0 Å². The van der Waals surface area contributed by atoms with Gasteiger partial charge in [-0.15, -0.1) is 0 Å². The predicted octanol–water partition coefficient (Wildman–Crippen LogP) is 2.22. The van der Waals surface area contributed by atoms with E-state index >= 15 is 0 Å². The summed E-state index contributed by atoms with van der Waals surface area (Å²) >= 11 is 0. The van der Waals surface area contributed by atoms with E-state index in [0.29, 0.717) is 25.5 Å². The van der Waals surface area contributed by atoms with E-state index in [4.69, 9.17) is 4.74 Å². The van der Waals surface area contributed by atoms with Gasteiger partial charge >= 0.3 is 12.6 Å². The Labute approximate surface area is 157 Å². The fourth-order valence-electron chi connectivity index (χ4n) is 2.68. The topological polar surface area (TPSA) is 67.9 Å². The van der Waals surface area contributed by atoms with E-state index in [1.54, 1.807) is 19.1 Å². The minimum absolute atomic E-state index is 0.104. The molecule has 0 unspecified atom stereocenters. The average Bonchev–Trinajstić information content (AvgIpc) is 3.40. The van der Waals surface area contributed by atoms with Crippen LogP contribution in [0.4, 0.5) is 8.78 Å². The number of benzene rings is 1. The smallest absolute Gasteiger partial charge is 0.387 e. The highest BCUT2D eigenvalue weighted by molar-refractivity contribution is 5.79. The van der Waals surface area contributed by atoms with Crippen molar-refractivity contribution in [3.05, 3.63) is 29.8 Å². The Morgan fingerprint density at radius 3 is 2.52 bits per heavy atom. The van der Waals surface area contributed by atoms with Crippen molar-refractivity contribution in [2.75, 3.05) is 32.8 Å². The molecule has 150 valence electrons. The SMILES string of the molecule is CCOC(=O)CN(CC(=O)NCCc1ccc(OC(F)F)cc1)CC1CC1. The molecule has 0 bridgehead atoms. The van der Waals surface area contributed by atoms with Crippen LogP contribution in [0, 0.1) is 5.92 Å². The van der Waals surface area contributed by atoms with Crippen molar-refractivity contribution < 1.29 is 27.8 Å². The Hall–Kier alpha value is -2.22. The van der Waals surface area contributed by atoms with Crippen molar-refractivity contribution in [1.29, 1.82) is 0 Å². The molecule has 27 heavy (non-hydrogen) atoms. The lowest BCUT2D eigenvalue weighted by Gasteiger charge is -2.20. The van der Waals surface area contributed by atoms with Gasteiger partial charge in [-0.3, -0.25) is 14.5 Å². The zero-order chi connectivity index (χ0) is 19.6. The highest BCUT2D eigenvalue weighted by Gasteiger charge is 2.26. The van der Waals surface area contributed by atoms with Crippen LogP contribution in [0.1, 0.15) is 25.3 Å². The second-order valence-electron chi connectivity index (χ2n) is 6.54. The van der Waals surface area contributed by atoms with Crippen LogP contribution in [0.25, 0.3) is 0 Å². The second kappa shape index (κ2) is 10.8. The number of nitrogens with one attached hydrogen (secondary N) is 1. The summed E-state index contributed by atoms with van der Waals surface area (Å²) in [6.07, 6.45) is 2.83. The van der Waals surface area contributed by atoms with E-state index in [1.807, 2.05) is 4.90 Å². The van der Waals surface area contributed by atoms with Crippen LogP contribution < -0.4 is 10.1 Å². The van der Waals surface area contributed by atoms with Gasteiger partial charge in [-0.2, -0.15) is 8.78 Å². The molecule has 1 fully saturated rings. The van der Waals surface area contributed by atoms with Crippen LogP contribution in [0.3, 0.4) is 0 Å². The van der Waals surface area contributed by atoms with Gasteiger partial charge in [-0.1, -0.05) is 12.1 Å². The van der Waals surface area contributed by atoms with E-state index in [0.717, 1.165) is 24.9 Å². The molecular weight excluding hydrogens is 358 g/mol. The number of rotatable bonds is 12. The summed E-state index contributed by atoms with van der Waals surface area (Å²) in [5, 5.41) is 2.82. The summed E-state index contributed by atoms with van der Waals surface area (Å²) < 4.78 is 33.5. The molecule has 0 atom stereocenters. The summed E-state index contributed by atoms with van der Waals surface area (Å²) in [5.74, 6) is 0.184. The largest absolute Gasteiger partial charge is 0.465 e. The van der Waals surface area contributed by atoms with Crippen LogP contribution in [0.5, 0.6) is 5.75 Å². The first-order valence-electron chi connectivity index (χ1n) is 9.14. The first-order chi connectivity index (χ1) is 13.0. The third-order valence-corrected chi connectivity index (χ3v) is 4.12.